The molecular weight excluding hydrogens is 373 g/mol. The number of rotatable bonds is 5. The molecule has 0 aliphatic carbocycles. The van der Waals surface area contributed by atoms with Crippen LogP contribution in [0.4, 0.5) is 11.4 Å². The Labute approximate surface area is 163 Å². The molecular formula is C19H21Cl2N3O2. The molecule has 1 heterocycles. The zero-order chi connectivity index (χ0) is 17.8. The van der Waals surface area contributed by atoms with Crippen LogP contribution in [0.15, 0.2) is 42.5 Å². The van der Waals surface area contributed by atoms with Gasteiger partial charge < -0.3 is 16.0 Å². The number of fused-ring (bicyclic) bond motifs is 1. The van der Waals surface area contributed by atoms with Gasteiger partial charge in [-0.15, -0.1) is 12.4 Å². The first kappa shape index (κ1) is 20.2. The van der Waals surface area contributed by atoms with Crippen LogP contribution in [0.2, 0.25) is 5.02 Å². The Balaban J connectivity index is 0.00000243. The lowest BCUT2D eigenvalue weighted by Crippen LogP contribution is -2.34. The molecule has 26 heavy (non-hydrogen) atoms. The molecule has 1 aliphatic rings. The highest BCUT2D eigenvalue weighted by Crippen LogP contribution is 2.31. The average Bonchev–Trinajstić information content (AvgIpc) is 2.59. The van der Waals surface area contributed by atoms with Crippen LogP contribution in [-0.4, -0.2) is 18.4 Å². The Morgan fingerprint density at radius 2 is 1.88 bits per heavy atom. The Morgan fingerprint density at radius 3 is 2.58 bits per heavy atom. The smallest absolute Gasteiger partial charge is 0.227 e. The molecule has 2 aromatic rings. The first-order valence-corrected chi connectivity index (χ1v) is 8.62. The number of amides is 2. The number of hydrogen-bond acceptors (Lipinski definition) is 3. The number of hydrogen-bond donors (Lipinski definition) is 2. The minimum atomic E-state index is -0.104. The third kappa shape index (κ3) is 4.75. The number of halogens is 2. The number of benzene rings is 2. The Bertz CT molecular complexity index is 794. The van der Waals surface area contributed by atoms with Gasteiger partial charge in [0.25, 0.3) is 0 Å². The van der Waals surface area contributed by atoms with Gasteiger partial charge in [-0.3, -0.25) is 9.59 Å². The zero-order valence-corrected chi connectivity index (χ0v) is 15.8. The van der Waals surface area contributed by atoms with E-state index in [1.165, 1.54) is 0 Å². The molecule has 1 aliphatic heterocycles. The Kier molecular flexibility index (Phi) is 7.03. The molecule has 0 fully saturated rings. The maximum atomic E-state index is 12.4. The first-order chi connectivity index (χ1) is 12.1. The van der Waals surface area contributed by atoms with Crippen molar-refractivity contribution in [3.8, 4) is 0 Å². The highest BCUT2D eigenvalue weighted by atomic mass is 35.5. The van der Waals surface area contributed by atoms with Crippen LogP contribution in [0.1, 0.15) is 24.0 Å². The summed E-state index contributed by atoms with van der Waals surface area (Å²) in [5.41, 5.74) is 9.10. The van der Waals surface area contributed by atoms with E-state index in [9.17, 15) is 9.59 Å². The van der Waals surface area contributed by atoms with Crippen LogP contribution in [-0.2, 0) is 22.6 Å². The standard InChI is InChI=1S/C19H20ClN3O2.ClH/c20-15-4-1-13(2-5-15)12-23-17-7-6-16(22-18(24)9-10-21)11-14(17)3-8-19(23)25;/h1-2,4-7,11H,3,8-10,12,21H2,(H,22,24);1H. The summed E-state index contributed by atoms with van der Waals surface area (Å²) in [6.07, 6.45) is 1.42. The zero-order valence-electron chi connectivity index (χ0n) is 14.2. The summed E-state index contributed by atoms with van der Waals surface area (Å²) < 4.78 is 0. The second kappa shape index (κ2) is 9.03. The second-order valence-electron chi connectivity index (χ2n) is 6.04. The molecule has 0 radical (unpaired) electrons. The predicted molar refractivity (Wildman–Crippen MR) is 107 cm³/mol. The molecule has 2 amide bonds. The van der Waals surface area contributed by atoms with Gasteiger partial charge in [-0.25, -0.2) is 0 Å². The summed E-state index contributed by atoms with van der Waals surface area (Å²) in [7, 11) is 0. The van der Waals surface area contributed by atoms with E-state index in [2.05, 4.69) is 5.32 Å². The Hall–Kier alpha value is -2.08. The van der Waals surface area contributed by atoms with Crippen molar-refractivity contribution in [1.82, 2.24) is 0 Å². The van der Waals surface area contributed by atoms with Crippen molar-refractivity contribution in [2.24, 2.45) is 5.73 Å². The highest BCUT2D eigenvalue weighted by Gasteiger charge is 2.24. The molecule has 0 saturated carbocycles. The topological polar surface area (TPSA) is 75.4 Å². The van der Waals surface area contributed by atoms with Crippen LogP contribution in [0, 0.1) is 0 Å². The fourth-order valence-electron chi connectivity index (χ4n) is 2.94. The van der Waals surface area contributed by atoms with Crippen LogP contribution < -0.4 is 16.0 Å². The SMILES string of the molecule is Cl.NCCC(=O)Nc1ccc2c(c1)CCC(=O)N2Cc1ccc(Cl)cc1. The van der Waals surface area contributed by atoms with Crippen molar-refractivity contribution in [2.75, 3.05) is 16.8 Å². The predicted octanol–water partition coefficient (Wildman–Crippen LogP) is 3.53. The van der Waals surface area contributed by atoms with E-state index in [0.717, 1.165) is 22.5 Å². The van der Waals surface area contributed by atoms with Gasteiger partial charge in [0, 0.05) is 35.8 Å². The van der Waals surface area contributed by atoms with Crippen LogP contribution in [0.3, 0.4) is 0 Å². The lowest BCUT2D eigenvalue weighted by Gasteiger charge is -2.30. The number of anilines is 2. The number of carbonyl (C=O) groups is 2. The van der Waals surface area contributed by atoms with Crippen molar-refractivity contribution in [3.05, 3.63) is 58.6 Å². The van der Waals surface area contributed by atoms with Gasteiger partial charge in [-0.1, -0.05) is 23.7 Å². The van der Waals surface area contributed by atoms with Crippen molar-refractivity contribution >= 4 is 47.2 Å². The molecule has 138 valence electrons. The summed E-state index contributed by atoms with van der Waals surface area (Å²) in [5.74, 6) is -0.00489. The van der Waals surface area contributed by atoms with E-state index in [1.807, 2.05) is 42.5 Å². The third-order valence-electron chi connectivity index (χ3n) is 4.19. The molecule has 0 atom stereocenters. The minimum absolute atomic E-state index is 0. The molecule has 3 rings (SSSR count). The number of nitrogens with two attached hydrogens (primary N) is 1. The number of nitrogens with zero attached hydrogens (tertiary/aromatic N) is 1. The summed E-state index contributed by atoms with van der Waals surface area (Å²) in [5, 5.41) is 3.51. The van der Waals surface area contributed by atoms with Gasteiger partial charge in [-0.05, 0) is 47.9 Å². The normalized spacial score (nSPS) is 13.0. The highest BCUT2D eigenvalue weighted by molar-refractivity contribution is 6.30. The van der Waals surface area contributed by atoms with Crippen LogP contribution in [0.25, 0.3) is 0 Å². The second-order valence-corrected chi connectivity index (χ2v) is 6.47. The molecule has 2 aromatic carbocycles. The number of carbonyl (C=O) groups excluding carboxylic acids is 2. The minimum Gasteiger partial charge on any atom is -0.330 e. The van der Waals surface area contributed by atoms with E-state index in [1.54, 1.807) is 4.90 Å². The van der Waals surface area contributed by atoms with E-state index in [-0.39, 0.29) is 30.6 Å². The van der Waals surface area contributed by atoms with Crippen molar-refractivity contribution in [1.29, 1.82) is 0 Å². The van der Waals surface area contributed by atoms with E-state index in [4.69, 9.17) is 17.3 Å². The largest absolute Gasteiger partial charge is 0.330 e. The fraction of sp³-hybridized carbons (Fsp3) is 0.263. The van der Waals surface area contributed by atoms with Gasteiger partial charge in [0.1, 0.15) is 0 Å². The van der Waals surface area contributed by atoms with E-state index in [0.29, 0.717) is 31.0 Å². The molecule has 0 bridgehead atoms. The van der Waals surface area contributed by atoms with Gasteiger partial charge in [-0.2, -0.15) is 0 Å². The van der Waals surface area contributed by atoms with Crippen LogP contribution in [0.5, 0.6) is 0 Å². The lowest BCUT2D eigenvalue weighted by atomic mass is 9.99. The molecule has 0 saturated heterocycles. The summed E-state index contributed by atoms with van der Waals surface area (Å²) in [4.78, 5) is 25.9. The monoisotopic (exact) mass is 393 g/mol. The van der Waals surface area contributed by atoms with E-state index >= 15 is 0 Å². The number of aryl methyl sites for hydroxylation is 1. The number of nitrogens with one attached hydrogen (secondary N) is 1. The first-order valence-electron chi connectivity index (χ1n) is 8.24. The van der Waals surface area contributed by atoms with Gasteiger partial charge in [0.15, 0.2) is 0 Å². The van der Waals surface area contributed by atoms with E-state index < -0.39 is 0 Å². The lowest BCUT2D eigenvalue weighted by molar-refractivity contribution is -0.119. The quantitative estimate of drug-likeness (QED) is 0.815. The average molecular weight is 394 g/mol. The maximum Gasteiger partial charge on any atom is 0.227 e. The van der Waals surface area contributed by atoms with Crippen molar-refractivity contribution in [3.63, 3.8) is 0 Å². The van der Waals surface area contributed by atoms with Gasteiger partial charge >= 0.3 is 0 Å². The molecule has 0 unspecified atom stereocenters. The summed E-state index contributed by atoms with van der Waals surface area (Å²) in [6.45, 7) is 0.821. The van der Waals surface area contributed by atoms with Gasteiger partial charge in [0.05, 0.1) is 6.54 Å². The molecule has 0 spiro atoms. The van der Waals surface area contributed by atoms with Crippen molar-refractivity contribution < 1.29 is 9.59 Å². The summed E-state index contributed by atoms with van der Waals surface area (Å²) in [6, 6.07) is 13.1. The maximum absolute atomic E-state index is 12.4. The van der Waals surface area contributed by atoms with Crippen LogP contribution >= 0.6 is 24.0 Å². The molecule has 7 heteroatoms. The van der Waals surface area contributed by atoms with Gasteiger partial charge in [0.2, 0.25) is 11.8 Å². The Morgan fingerprint density at radius 1 is 1.15 bits per heavy atom. The third-order valence-corrected chi connectivity index (χ3v) is 4.44. The fourth-order valence-corrected chi connectivity index (χ4v) is 3.06. The summed E-state index contributed by atoms with van der Waals surface area (Å²) >= 11 is 5.92. The molecule has 0 aromatic heterocycles. The molecule has 3 N–H and O–H groups in total. The molecule has 5 nitrogen and oxygen atoms in total. The van der Waals surface area contributed by atoms with Crippen molar-refractivity contribution in [2.45, 2.75) is 25.8 Å².